The van der Waals surface area contributed by atoms with Crippen LogP contribution in [0.1, 0.15) is 16.7 Å². The van der Waals surface area contributed by atoms with Gasteiger partial charge in [0.05, 0.1) is 30.4 Å². The SMILES string of the molecule is O=C(Cc1ccccc1)Cc1cn[nH]c1-c1nc2ccc(CN3CCOCC3)cc2[nH]1. The summed E-state index contributed by atoms with van der Waals surface area (Å²) in [5.41, 5.74) is 5.77. The Morgan fingerprint density at radius 2 is 1.87 bits per heavy atom. The number of benzene rings is 2. The van der Waals surface area contributed by atoms with Gasteiger partial charge >= 0.3 is 0 Å². The van der Waals surface area contributed by atoms with E-state index < -0.39 is 0 Å². The number of nitrogens with zero attached hydrogens (tertiary/aromatic N) is 3. The van der Waals surface area contributed by atoms with Crippen LogP contribution >= 0.6 is 0 Å². The summed E-state index contributed by atoms with van der Waals surface area (Å²) in [7, 11) is 0. The van der Waals surface area contributed by atoms with E-state index in [1.165, 1.54) is 5.56 Å². The molecule has 2 N–H and O–H groups in total. The number of fused-ring (bicyclic) bond motifs is 1. The van der Waals surface area contributed by atoms with Crippen LogP contribution in [0.3, 0.4) is 0 Å². The Balaban J connectivity index is 1.32. The summed E-state index contributed by atoms with van der Waals surface area (Å²) in [5.74, 6) is 0.858. The minimum Gasteiger partial charge on any atom is -0.379 e. The Morgan fingerprint density at radius 1 is 1.03 bits per heavy atom. The molecule has 0 spiro atoms. The minimum absolute atomic E-state index is 0.151. The molecule has 2 aromatic heterocycles. The lowest BCUT2D eigenvalue weighted by molar-refractivity contribution is -0.117. The number of aromatic nitrogens is 4. The largest absolute Gasteiger partial charge is 0.379 e. The van der Waals surface area contributed by atoms with Crippen molar-refractivity contribution < 1.29 is 9.53 Å². The summed E-state index contributed by atoms with van der Waals surface area (Å²) >= 11 is 0. The lowest BCUT2D eigenvalue weighted by Crippen LogP contribution is -2.35. The van der Waals surface area contributed by atoms with Crippen LogP contribution in [0.2, 0.25) is 0 Å². The predicted octanol–water partition coefficient (Wildman–Crippen LogP) is 3.14. The second-order valence-corrected chi connectivity index (χ2v) is 7.97. The van der Waals surface area contributed by atoms with Crippen LogP contribution in [0.25, 0.3) is 22.6 Å². The number of aromatic amines is 2. The van der Waals surface area contributed by atoms with E-state index in [0.29, 0.717) is 18.7 Å². The van der Waals surface area contributed by atoms with E-state index in [4.69, 9.17) is 9.72 Å². The average Bonchev–Trinajstić information content (AvgIpc) is 3.41. The first kappa shape index (κ1) is 19.7. The molecule has 1 aliphatic heterocycles. The number of H-pyrrole nitrogens is 2. The number of carbonyl (C=O) groups excluding carboxylic acids is 1. The topological polar surface area (TPSA) is 86.9 Å². The summed E-state index contributed by atoms with van der Waals surface area (Å²) in [6.07, 6.45) is 2.45. The number of imidazole rings is 1. The Morgan fingerprint density at radius 3 is 2.71 bits per heavy atom. The minimum atomic E-state index is 0.151. The summed E-state index contributed by atoms with van der Waals surface area (Å²) in [6.45, 7) is 4.41. The zero-order chi connectivity index (χ0) is 21.0. The number of hydrogen-bond donors (Lipinski definition) is 2. The second kappa shape index (κ2) is 8.83. The highest BCUT2D eigenvalue weighted by Gasteiger charge is 2.16. The molecule has 0 atom stereocenters. The molecule has 0 unspecified atom stereocenters. The maximum atomic E-state index is 12.6. The molecule has 3 heterocycles. The van der Waals surface area contributed by atoms with Crippen LogP contribution in [0.4, 0.5) is 0 Å². The van der Waals surface area contributed by atoms with E-state index in [9.17, 15) is 4.79 Å². The number of morpholine rings is 1. The van der Waals surface area contributed by atoms with Crippen LogP contribution in [-0.2, 0) is 28.9 Å². The van der Waals surface area contributed by atoms with Gasteiger partial charge in [-0.15, -0.1) is 0 Å². The first-order valence-electron chi connectivity index (χ1n) is 10.6. The maximum Gasteiger partial charge on any atom is 0.156 e. The Kier molecular flexibility index (Phi) is 5.60. The molecule has 0 aliphatic carbocycles. The number of nitrogens with one attached hydrogen (secondary N) is 2. The van der Waals surface area contributed by atoms with E-state index in [2.05, 4.69) is 32.2 Å². The van der Waals surface area contributed by atoms with E-state index in [1.54, 1.807) is 6.20 Å². The van der Waals surface area contributed by atoms with Crippen molar-refractivity contribution in [2.24, 2.45) is 0 Å². The van der Waals surface area contributed by atoms with Crippen molar-refractivity contribution in [1.82, 2.24) is 25.1 Å². The smallest absolute Gasteiger partial charge is 0.156 e. The van der Waals surface area contributed by atoms with Crippen molar-refractivity contribution in [2.75, 3.05) is 26.3 Å². The molecule has 31 heavy (non-hydrogen) atoms. The summed E-state index contributed by atoms with van der Waals surface area (Å²) < 4.78 is 5.43. The molecule has 1 saturated heterocycles. The second-order valence-electron chi connectivity index (χ2n) is 7.97. The van der Waals surface area contributed by atoms with Crippen LogP contribution in [0.5, 0.6) is 0 Å². The van der Waals surface area contributed by atoms with Crippen LogP contribution in [0, 0.1) is 0 Å². The Hall–Kier alpha value is -3.29. The van der Waals surface area contributed by atoms with Crippen LogP contribution in [0.15, 0.2) is 54.7 Å². The van der Waals surface area contributed by atoms with Crippen LogP contribution in [-0.4, -0.2) is 57.2 Å². The van der Waals surface area contributed by atoms with Gasteiger partial charge in [0.1, 0.15) is 11.5 Å². The first-order chi connectivity index (χ1) is 15.2. The maximum absolute atomic E-state index is 12.6. The number of ketones is 1. The molecule has 0 bridgehead atoms. The fourth-order valence-corrected chi connectivity index (χ4v) is 4.04. The average molecular weight is 415 g/mol. The lowest BCUT2D eigenvalue weighted by Gasteiger charge is -2.26. The van der Waals surface area contributed by atoms with Gasteiger partial charge in [-0.2, -0.15) is 5.10 Å². The van der Waals surface area contributed by atoms with Gasteiger partial charge in [-0.05, 0) is 23.3 Å². The number of rotatable bonds is 7. The summed E-state index contributed by atoms with van der Waals surface area (Å²) in [4.78, 5) is 23.1. The molecule has 1 aliphatic rings. The molecule has 1 fully saturated rings. The molecular formula is C24H25N5O2. The molecule has 7 heteroatoms. The van der Waals surface area contributed by atoms with Gasteiger partial charge < -0.3 is 9.72 Å². The van der Waals surface area contributed by atoms with Crippen molar-refractivity contribution in [2.45, 2.75) is 19.4 Å². The zero-order valence-corrected chi connectivity index (χ0v) is 17.3. The van der Waals surface area contributed by atoms with Gasteiger partial charge in [0.2, 0.25) is 0 Å². The third-order valence-electron chi connectivity index (χ3n) is 5.64. The number of Topliss-reactive ketones (excluding diaryl/α,β-unsaturated/α-hetero) is 1. The Bertz CT molecular complexity index is 1180. The molecule has 0 radical (unpaired) electrons. The first-order valence-corrected chi connectivity index (χ1v) is 10.6. The molecule has 4 aromatic rings. The van der Waals surface area contributed by atoms with Gasteiger partial charge in [0.15, 0.2) is 5.82 Å². The Labute approximate surface area is 180 Å². The summed E-state index contributed by atoms with van der Waals surface area (Å²) in [6, 6.07) is 16.1. The van der Waals surface area contributed by atoms with Crippen LogP contribution < -0.4 is 0 Å². The standard InChI is InChI=1S/C24H25N5O2/c30-20(12-17-4-2-1-3-5-17)14-19-15-25-28-23(19)24-26-21-7-6-18(13-22(21)27-24)16-29-8-10-31-11-9-29/h1-7,13,15H,8-12,14,16H2,(H,25,28)(H,26,27). The molecule has 2 aromatic carbocycles. The normalized spacial score (nSPS) is 14.8. The monoisotopic (exact) mass is 415 g/mol. The molecule has 158 valence electrons. The van der Waals surface area contributed by atoms with Gasteiger partial charge in [-0.25, -0.2) is 4.98 Å². The predicted molar refractivity (Wildman–Crippen MR) is 119 cm³/mol. The van der Waals surface area contributed by atoms with Crippen molar-refractivity contribution in [3.8, 4) is 11.5 Å². The van der Waals surface area contributed by atoms with E-state index in [1.807, 2.05) is 36.4 Å². The fourth-order valence-electron chi connectivity index (χ4n) is 4.04. The zero-order valence-electron chi connectivity index (χ0n) is 17.3. The van der Waals surface area contributed by atoms with Gasteiger partial charge in [0.25, 0.3) is 0 Å². The van der Waals surface area contributed by atoms with Gasteiger partial charge in [-0.1, -0.05) is 36.4 Å². The van der Waals surface area contributed by atoms with Gasteiger partial charge in [0, 0.05) is 38.0 Å². The lowest BCUT2D eigenvalue weighted by atomic mass is 10.0. The van der Waals surface area contributed by atoms with Crippen molar-refractivity contribution in [3.63, 3.8) is 0 Å². The highest BCUT2D eigenvalue weighted by atomic mass is 16.5. The number of ether oxygens (including phenoxy) is 1. The number of hydrogen-bond acceptors (Lipinski definition) is 5. The van der Waals surface area contributed by atoms with E-state index in [0.717, 1.165) is 60.7 Å². The molecule has 5 rings (SSSR count). The van der Waals surface area contributed by atoms with Crippen molar-refractivity contribution in [3.05, 3.63) is 71.4 Å². The quantitative estimate of drug-likeness (QED) is 0.484. The summed E-state index contributed by atoms with van der Waals surface area (Å²) in [5, 5.41) is 7.18. The highest BCUT2D eigenvalue weighted by molar-refractivity contribution is 5.85. The van der Waals surface area contributed by atoms with Crippen molar-refractivity contribution in [1.29, 1.82) is 0 Å². The molecule has 7 nitrogen and oxygen atoms in total. The fraction of sp³-hybridized carbons (Fsp3) is 0.292. The molecule has 0 amide bonds. The van der Waals surface area contributed by atoms with E-state index in [-0.39, 0.29) is 5.78 Å². The van der Waals surface area contributed by atoms with Gasteiger partial charge in [-0.3, -0.25) is 14.8 Å². The molecule has 0 saturated carbocycles. The van der Waals surface area contributed by atoms with Crippen molar-refractivity contribution >= 4 is 16.8 Å². The number of carbonyl (C=O) groups is 1. The third-order valence-corrected chi connectivity index (χ3v) is 5.64. The highest BCUT2D eigenvalue weighted by Crippen LogP contribution is 2.24. The molecular weight excluding hydrogens is 390 g/mol. The van der Waals surface area contributed by atoms with E-state index >= 15 is 0 Å². The third kappa shape index (κ3) is 4.57.